The summed E-state index contributed by atoms with van der Waals surface area (Å²) in [6.45, 7) is 8.31. The van der Waals surface area contributed by atoms with Gasteiger partial charge in [-0.15, -0.1) is 0 Å². The zero-order valence-electron chi connectivity index (χ0n) is 42.9. The summed E-state index contributed by atoms with van der Waals surface area (Å²) in [6, 6.07) is 50.4. The highest BCUT2D eigenvalue weighted by Crippen LogP contribution is 2.45. The van der Waals surface area contributed by atoms with Crippen molar-refractivity contribution in [1.29, 1.82) is 0 Å². The predicted octanol–water partition coefficient (Wildman–Crippen LogP) is 22.6. The summed E-state index contributed by atoms with van der Waals surface area (Å²) in [7, 11) is 0. The van der Waals surface area contributed by atoms with Crippen LogP contribution >= 0.6 is 79.6 Å². The van der Waals surface area contributed by atoms with E-state index in [-0.39, 0.29) is 13.2 Å². The van der Waals surface area contributed by atoms with Gasteiger partial charge in [0, 0.05) is 51.3 Å². The number of aryl methyl sites for hydroxylation is 1. The number of hydrogen-bond donors (Lipinski definition) is 2. The number of aromatic amines is 1. The lowest BCUT2D eigenvalue weighted by Crippen LogP contribution is -2.05. The third-order valence-corrected chi connectivity index (χ3v) is 16.7. The summed E-state index contributed by atoms with van der Waals surface area (Å²) < 4.78 is 13.1. The highest BCUT2D eigenvalue weighted by Gasteiger charge is 2.24. The maximum Gasteiger partial charge on any atom is 0.145 e. The number of hydrogen-bond acceptors (Lipinski definition) is 4. The fraction of sp³-hybridized carbons (Fsp3) is 0.242. The monoisotopic (exact) mass is 1340 g/mol. The van der Waals surface area contributed by atoms with Gasteiger partial charge in [-0.3, -0.25) is 0 Å². The number of benzene rings is 10. The van der Waals surface area contributed by atoms with Gasteiger partial charge in [0.1, 0.15) is 23.1 Å². The van der Waals surface area contributed by atoms with E-state index in [0.29, 0.717) is 12.4 Å². The molecule has 12 rings (SSSR count). The summed E-state index contributed by atoms with van der Waals surface area (Å²) in [5, 5.41) is 25.6. The molecule has 0 saturated heterocycles. The first-order chi connectivity index (χ1) is 37.1. The Labute approximate surface area is 493 Å². The number of fused-ring (bicyclic) bond motifs is 14. The van der Waals surface area contributed by atoms with Crippen molar-refractivity contribution in [1.82, 2.24) is 19.5 Å². The standard InChI is InChI=1S/C35H34Br2N2O.C25H14Br2N2O.C5H11Br.CH4/c1-3-5-9-19-39-34-30-22-25(37)15-17-28(30)27-16-14-24(36)21-29(27)33(34)38-35(39)32-26-12-8-7-11-23(26)13-18-31(32)40-20-10-6-4-2;26-14-6-8-17-18-9-7-15(27)12-20(18)24-23(19(17)11-14)28-25(29-24)22-16-4-2-1-3-13(16)5-10-21(22)30;1-2-3-4-5-6;/h7-8,11-18,21-22H,3-6,9-10,19-20H2,1-2H3;1-12,30H,(H,28,29);2-5H2,1H3;1H4. The number of rotatable bonds is 14. The van der Waals surface area contributed by atoms with Gasteiger partial charge >= 0.3 is 0 Å². The number of imidazole rings is 2. The van der Waals surface area contributed by atoms with Gasteiger partial charge in [-0.25, -0.2) is 9.97 Å². The molecule has 0 bridgehead atoms. The second kappa shape index (κ2) is 25.7. The Kier molecular flexibility index (Phi) is 18.8. The number of nitrogens with one attached hydrogen (secondary N) is 1. The Bertz CT molecular complexity index is 3990. The van der Waals surface area contributed by atoms with Gasteiger partial charge in [-0.05, 0) is 123 Å². The van der Waals surface area contributed by atoms with E-state index in [1.165, 1.54) is 88.1 Å². The number of aromatic nitrogens is 4. The molecule has 0 amide bonds. The molecule has 0 radical (unpaired) electrons. The van der Waals surface area contributed by atoms with E-state index in [0.717, 1.165) is 109 Å². The minimum absolute atomic E-state index is 0. The lowest BCUT2D eigenvalue weighted by Gasteiger charge is -2.17. The Morgan fingerprint density at radius 1 is 0.494 bits per heavy atom. The quantitative estimate of drug-likeness (QED) is 0.0646. The second-order valence-corrected chi connectivity index (χ2v) is 23.8. The number of ether oxygens (including phenoxy) is 1. The van der Waals surface area contributed by atoms with Gasteiger partial charge < -0.3 is 19.4 Å². The third-order valence-electron chi connectivity index (χ3n) is 14.2. The van der Waals surface area contributed by atoms with E-state index < -0.39 is 0 Å². The Morgan fingerprint density at radius 3 is 1.60 bits per heavy atom. The molecule has 0 atom stereocenters. The molecule has 394 valence electrons. The molecule has 11 heteroatoms. The van der Waals surface area contributed by atoms with Crippen molar-refractivity contribution in [3.63, 3.8) is 0 Å². The van der Waals surface area contributed by atoms with Crippen LogP contribution < -0.4 is 4.74 Å². The number of aromatic hydroxyl groups is 1. The molecule has 0 unspecified atom stereocenters. The van der Waals surface area contributed by atoms with E-state index in [4.69, 9.17) is 14.7 Å². The summed E-state index contributed by atoms with van der Waals surface area (Å²) in [5.74, 6) is 2.77. The molecule has 2 N–H and O–H groups in total. The van der Waals surface area contributed by atoms with Crippen molar-refractivity contribution in [2.45, 2.75) is 92.5 Å². The normalized spacial score (nSPS) is 11.4. The van der Waals surface area contributed by atoms with Crippen molar-refractivity contribution < 1.29 is 9.84 Å². The maximum absolute atomic E-state index is 10.7. The zero-order chi connectivity index (χ0) is 52.9. The topological polar surface area (TPSA) is 76.0 Å². The molecular formula is C66H63Br5N4O2. The SMILES string of the molecule is C.CCCCCBr.CCCCCOc1ccc2ccccc2c1-c1nc2c3cc(Br)ccc3c3ccc(Br)cc3c2n1CCCCC.Oc1ccc2ccccc2c1-c1nc2c3cc(Br)ccc3c3ccc(Br)cc3c2[nH]1. The summed E-state index contributed by atoms with van der Waals surface area (Å²) in [5.41, 5.74) is 5.89. The van der Waals surface area contributed by atoms with Crippen molar-refractivity contribution in [3.05, 3.63) is 163 Å². The van der Waals surface area contributed by atoms with Gasteiger partial charge in [0.25, 0.3) is 0 Å². The van der Waals surface area contributed by atoms with E-state index in [9.17, 15) is 5.11 Å². The molecule has 0 aliphatic carbocycles. The highest BCUT2D eigenvalue weighted by molar-refractivity contribution is 9.11. The number of phenols is 1. The molecule has 0 fully saturated rings. The Balaban J connectivity index is 0.000000173. The van der Waals surface area contributed by atoms with Gasteiger partial charge in [-0.1, -0.05) is 231 Å². The molecule has 6 nitrogen and oxygen atoms in total. The van der Waals surface area contributed by atoms with Crippen molar-refractivity contribution in [2.24, 2.45) is 0 Å². The van der Waals surface area contributed by atoms with Crippen LogP contribution in [0.1, 0.15) is 86.0 Å². The van der Waals surface area contributed by atoms with Crippen LogP contribution in [0.2, 0.25) is 0 Å². The Hall–Kier alpha value is -5.30. The molecule has 0 aliphatic rings. The van der Waals surface area contributed by atoms with Gasteiger partial charge in [0.15, 0.2) is 0 Å². The molecule has 0 aliphatic heterocycles. The third kappa shape index (κ3) is 11.7. The lowest BCUT2D eigenvalue weighted by molar-refractivity contribution is 0.307. The number of unbranched alkanes of at least 4 members (excludes halogenated alkanes) is 6. The molecular weight excluding hydrogens is 1280 g/mol. The summed E-state index contributed by atoms with van der Waals surface area (Å²) >= 11 is 18.1. The number of halogens is 5. The van der Waals surface area contributed by atoms with E-state index >= 15 is 0 Å². The second-order valence-electron chi connectivity index (χ2n) is 19.4. The minimum atomic E-state index is 0. The highest BCUT2D eigenvalue weighted by atomic mass is 79.9. The van der Waals surface area contributed by atoms with Crippen LogP contribution in [0.4, 0.5) is 0 Å². The fourth-order valence-corrected chi connectivity index (χ4v) is 12.4. The molecule has 0 saturated carbocycles. The van der Waals surface area contributed by atoms with Crippen LogP contribution in [-0.2, 0) is 6.54 Å². The largest absolute Gasteiger partial charge is 0.507 e. The number of nitrogens with zero attached hydrogens (tertiary/aromatic N) is 3. The zero-order valence-corrected chi connectivity index (χ0v) is 50.9. The first-order valence-corrected chi connectivity index (χ1v) is 30.7. The number of H-pyrrole nitrogens is 1. The van der Waals surface area contributed by atoms with Crippen molar-refractivity contribution in [2.75, 3.05) is 11.9 Å². The Morgan fingerprint density at radius 2 is 1.00 bits per heavy atom. The molecule has 12 aromatic rings. The van der Waals surface area contributed by atoms with Crippen LogP contribution in [-0.4, -0.2) is 36.6 Å². The van der Waals surface area contributed by atoms with E-state index in [1.807, 2.05) is 30.3 Å². The van der Waals surface area contributed by atoms with Crippen molar-refractivity contribution in [3.8, 4) is 34.3 Å². The average Bonchev–Trinajstić information content (AvgIpc) is 4.18. The van der Waals surface area contributed by atoms with Crippen LogP contribution in [0.15, 0.2) is 163 Å². The first-order valence-electron chi connectivity index (χ1n) is 26.4. The molecule has 10 aromatic carbocycles. The van der Waals surface area contributed by atoms with E-state index in [1.54, 1.807) is 6.07 Å². The lowest BCUT2D eigenvalue weighted by atomic mass is 10.00. The average molecular weight is 1340 g/mol. The number of alkyl halides is 1. The summed E-state index contributed by atoms with van der Waals surface area (Å²) in [4.78, 5) is 14.0. The molecule has 2 heterocycles. The number of phenolic OH excluding ortho intramolecular Hbond substituents is 1. The molecule has 77 heavy (non-hydrogen) atoms. The molecule has 0 spiro atoms. The van der Waals surface area contributed by atoms with Crippen LogP contribution in [0, 0.1) is 0 Å². The van der Waals surface area contributed by atoms with Gasteiger partial charge in [-0.2, -0.15) is 0 Å². The maximum atomic E-state index is 10.7. The smallest absolute Gasteiger partial charge is 0.145 e. The van der Waals surface area contributed by atoms with Crippen LogP contribution in [0.3, 0.4) is 0 Å². The first kappa shape index (κ1) is 56.4. The fourth-order valence-electron chi connectivity index (χ4n) is 10.5. The minimum Gasteiger partial charge on any atom is -0.507 e. The van der Waals surface area contributed by atoms with Crippen molar-refractivity contribution >= 4 is 166 Å². The summed E-state index contributed by atoms with van der Waals surface area (Å²) in [6.07, 6.45) is 10.9. The van der Waals surface area contributed by atoms with Gasteiger partial charge in [0.05, 0.1) is 39.8 Å². The van der Waals surface area contributed by atoms with Gasteiger partial charge in [0.2, 0.25) is 0 Å². The predicted molar refractivity (Wildman–Crippen MR) is 349 cm³/mol. The molecule has 2 aromatic heterocycles. The van der Waals surface area contributed by atoms with Crippen LogP contribution in [0.5, 0.6) is 11.5 Å². The van der Waals surface area contributed by atoms with Crippen LogP contribution in [0.25, 0.3) is 109 Å². The van der Waals surface area contributed by atoms with E-state index in [2.05, 4.69) is 219 Å².